The summed E-state index contributed by atoms with van der Waals surface area (Å²) in [4.78, 5) is 13.3. The van der Waals surface area contributed by atoms with E-state index in [0.717, 1.165) is 36.3 Å². The van der Waals surface area contributed by atoms with Gasteiger partial charge >= 0.3 is 0 Å². The van der Waals surface area contributed by atoms with Crippen molar-refractivity contribution in [1.82, 2.24) is 4.90 Å². The number of anilines is 1. The standard InChI is InChI=1S/C14H20ClN.C13H17NO.C2H2/c1-14(2)10-16(3)9-8-13(14)11-4-6-12(15)7-5-11;1-10-4-2-6-12(8-10)14-13-7-3-5-11(13)9-15;1-2/h4-7,13H,8-10H2,1-3H3;2,4,6,8-9,11,13-14H,3,5,7H2,1H3;1-2H/t;11-,13-;/m.1./s1. The number of benzene rings is 2. The molecule has 1 saturated heterocycles. The molecule has 3 atom stereocenters. The molecule has 1 aliphatic carbocycles. The fourth-order valence-electron chi connectivity index (χ4n) is 5.22. The lowest BCUT2D eigenvalue weighted by Gasteiger charge is -2.43. The van der Waals surface area contributed by atoms with E-state index >= 15 is 0 Å². The Bertz CT molecular complexity index is 890. The lowest BCUT2D eigenvalue weighted by Crippen LogP contribution is -2.42. The van der Waals surface area contributed by atoms with Gasteiger partial charge in [-0.05, 0) is 86.5 Å². The van der Waals surface area contributed by atoms with Gasteiger partial charge < -0.3 is 15.0 Å². The minimum Gasteiger partial charge on any atom is -0.382 e. The van der Waals surface area contributed by atoms with Crippen LogP contribution < -0.4 is 5.32 Å². The third-order valence-electron chi connectivity index (χ3n) is 6.81. The Hall–Kier alpha value is -2.28. The van der Waals surface area contributed by atoms with E-state index in [4.69, 9.17) is 11.6 Å². The summed E-state index contributed by atoms with van der Waals surface area (Å²) in [6.45, 7) is 9.16. The molecule has 2 aliphatic rings. The Morgan fingerprint density at radius 1 is 1.09 bits per heavy atom. The molecule has 178 valence electrons. The van der Waals surface area contributed by atoms with Gasteiger partial charge in [0.15, 0.2) is 0 Å². The summed E-state index contributed by atoms with van der Waals surface area (Å²) in [7, 11) is 2.21. The van der Waals surface area contributed by atoms with Crippen LogP contribution in [-0.4, -0.2) is 37.4 Å². The van der Waals surface area contributed by atoms with Gasteiger partial charge in [-0.15, -0.1) is 12.8 Å². The second-order valence-corrected chi connectivity index (χ2v) is 10.4. The van der Waals surface area contributed by atoms with Crippen LogP contribution in [-0.2, 0) is 4.79 Å². The molecular formula is C29H39ClN2O. The number of likely N-dealkylation sites (tertiary alicyclic amines) is 1. The van der Waals surface area contributed by atoms with E-state index < -0.39 is 0 Å². The number of hydrogen-bond acceptors (Lipinski definition) is 3. The second kappa shape index (κ2) is 12.8. The van der Waals surface area contributed by atoms with Gasteiger partial charge in [0.2, 0.25) is 0 Å². The first-order valence-electron chi connectivity index (χ1n) is 11.8. The van der Waals surface area contributed by atoms with Crippen LogP contribution >= 0.6 is 11.6 Å². The van der Waals surface area contributed by atoms with E-state index in [2.05, 4.69) is 81.2 Å². The summed E-state index contributed by atoms with van der Waals surface area (Å²) < 4.78 is 0. The molecule has 1 unspecified atom stereocenters. The molecule has 4 rings (SSSR count). The largest absolute Gasteiger partial charge is 0.382 e. The molecule has 2 aromatic rings. The summed E-state index contributed by atoms with van der Waals surface area (Å²) in [5, 5.41) is 4.28. The molecule has 33 heavy (non-hydrogen) atoms. The number of terminal acetylenes is 1. The number of rotatable bonds is 4. The third-order valence-corrected chi connectivity index (χ3v) is 7.06. The van der Waals surface area contributed by atoms with Crippen molar-refractivity contribution in [3.8, 4) is 12.8 Å². The number of carbonyl (C=O) groups excluding carboxylic acids is 1. The third kappa shape index (κ3) is 7.91. The summed E-state index contributed by atoms with van der Waals surface area (Å²) in [5.74, 6) is 0.853. The quantitative estimate of drug-likeness (QED) is 0.396. The van der Waals surface area contributed by atoms with Crippen LogP contribution in [0.5, 0.6) is 0 Å². The molecule has 2 aromatic carbocycles. The number of nitrogens with one attached hydrogen (secondary N) is 1. The van der Waals surface area contributed by atoms with E-state index in [0.29, 0.717) is 17.4 Å². The number of aldehydes is 1. The highest BCUT2D eigenvalue weighted by molar-refractivity contribution is 6.30. The van der Waals surface area contributed by atoms with Crippen molar-refractivity contribution in [2.45, 2.75) is 58.4 Å². The molecule has 3 nitrogen and oxygen atoms in total. The minimum atomic E-state index is 0.200. The highest BCUT2D eigenvalue weighted by Crippen LogP contribution is 2.41. The van der Waals surface area contributed by atoms with Gasteiger partial charge in [-0.1, -0.05) is 56.1 Å². The normalized spacial score (nSPS) is 23.9. The van der Waals surface area contributed by atoms with Gasteiger partial charge in [-0.2, -0.15) is 0 Å². The Morgan fingerprint density at radius 2 is 1.79 bits per heavy atom. The first kappa shape index (κ1) is 27.0. The summed E-state index contributed by atoms with van der Waals surface area (Å²) in [5.41, 5.74) is 4.16. The van der Waals surface area contributed by atoms with Gasteiger partial charge in [0.1, 0.15) is 6.29 Å². The van der Waals surface area contributed by atoms with Crippen molar-refractivity contribution in [3.05, 3.63) is 64.7 Å². The van der Waals surface area contributed by atoms with Crippen molar-refractivity contribution in [3.63, 3.8) is 0 Å². The number of piperidine rings is 1. The minimum absolute atomic E-state index is 0.200. The molecule has 1 saturated carbocycles. The van der Waals surface area contributed by atoms with Gasteiger partial charge in [0.05, 0.1) is 0 Å². The molecular weight excluding hydrogens is 428 g/mol. The molecule has 0 aromatic heterocycles. The monoisotopic (exact) mass is 466 g/mol. The van der Waals surface area contributed by atoms with Crippen LogP contribution in [0.2, 0.25) is 5.02 Å². The van der Waals surface area contributed by atoms with Gasteiger partial charge in [0, 0.05) is 29.2 Å². The van der Waals surface area contributed by atoms with E-state index in [1.54, 1.807) is 0 Å². The molecule has 0 radical (unpaired) electrons. The number of hydrogen-bond donors (Lipinski definition) is 1. The molecule has 4 heteroatoms. The predicted octanol–water partition coefficient (Wildman–Crippen LogP) is 6.81. The summed E-state index contributed by atoms with van der Waals surface area (Å²) in [6.07, 6.45) is 13.6. The van der Waals surface area contributed by atoms with Gasteiger partial charge in [-0.25, -0.2) is 0 Å². The fourth-order valence-corrected chi connectivity index (χ4v) is 5.34. The number of aryl methyl sites for hydroxylation is 1. The predicted molar refractivity (Wildman–Crippen MR) is 142 cm³/mol. The Kier molecular flexibility index (Phi) is 10.5. The van der Waals surface area contributed by atoms with E-state index in [9.17, 15) is 4.79 Å². The average Bonchev–Trinajstić information content (AvgIpc) is 3.23. The smallest absolute Gasteiger partial charge is 0.125 e. The average molecular weight is 467 g/mol. The van der Waals surface area contributed by atoms with E-state index in [1.165, 1.54) is 30.6 Å². The highest BCUT2D eigenvalue weighted by Gasteiger charge is 2.35. The Balaban J connectivity index is 0.000000218. The first-order chi connectivity index (χ1) is 15.8. The lowest BCUT2D eigenvalue weighted by molar-refractivity contribution is -0.111. The number of halogens is 1. The van der Waals surface area contributed by atoms with Crippen molar-refractivity contribution in [2.75, 3.05) is 25.5 Å². The van der Waals surface area contributed by atoms with Crippen LogP contribution in [0.25, 0.3) is 0 Å². The molecule has 0 amide bonds. The maximum Gasteiger partial charge on any atom is 0.125 e. The maximum atomic E-state index is 10.8. The Morgan fingerprint density at radius 3 is 2.39 bits per heavy atom. The maximum absolute atomic E-state index is 10.8. The van der Waals surface area contributed by atoms with Crippen LogP contribution in [0.4, 0.5) is 5.69 Å². The second-order valence-electron chi connectivity index (χ2n) is 9.97. The molecule has 2 fully saturated rings. The van der Waals surface area contributed by atoms with Gasteiger partial charge in [-0.3, -0.25) is 0 Å². The van der Waals surface area contributed by atoms with Crippen molar-refractivity contribution in [2.24, 2.45) is 11.3 Å². The first-order valence-corrected chi connectivity index (χ1v) is 12.2. The Labute approximate surface area is 205 Å². The molecule has 0 bridgehead atoms. The molecule has 1 N–H and O–H groups in total. The zero-order chi connectivity index (χ0) is 24.4. The van der Waals surface area contributed by atoms with Gasteiger partial charge in [0.25, 0.3) is 0 Å². The van der Waals surface area contributed by atoms with Crippen LogP contribution in [0, 0.1) is 31.1 Å². The molecule has 1 heterocycles. The number of nitrogens with zero attached hydrogens (tertiary/aromatic N) is 1. The van der Waals surface area contributed by atoms with E-state index in [1.807, 2.05) is 18.2 Å². The lowest BCUT2D eigenvalue weighted by atomic mass is 9.71. The zero-order valence-corrected chi connectivity index (χ0v) is 21.3. The van der Waals surface area contributed by atoms with Crippen molar-refractivity contribution >= 4 is 23.6 Å². The van der Waals surface area contributed by atoms with E-state index in [-0.39, 0.29) is 5.92 Å². The van der Waals surface area contributed by atoms with Crippen LogP contribution in [0.15, 0.2) is 48.5 Å². The summed E-state index contributed by atoms with van der Waals surface area (Å²) >= 11 is 5.94. The molecule has 0 spiro atoms. The highest BCUT2D eigenvalue weighted by atomic mass is 35.5. The van der Waals surface area contributed by atoms with Crippen LogP contribution in [0.1, 0.15) is 56.6 Å². The fraction of sp³-hybridized carbons (Fsp3) is 0.483. The summed E-state index contributed by atoms with van der Waals surface area (Å²) in [6, 6.07) is 17.0. The zero-order valence-electron chi connectivity index (χ0n) is 20.6. The van der Waals surface area contributed by atoms with Crippen molar-refractivity contribution < 1.29 is 4.79 Å². The van der Waals surface area contributed by atoms with Crippen molar-refractivity contribution in [1.29, 1.82) is 0 Å². The SMILES string of the molecule is C#C.CN1CCC(c2ccc(Cl)cc2)C(C)(C)C1.Cc1cccc(N[C@@H]2CCC[C@@H]2C=O)c1. The number of carbonyl (C=O) groups is 1. The molecule has 1 aliphatic heterocycles. The van der Waals surface area contributed by atoms with Crippen LogP contribution in [0.3, 0.4) is 0 Å². The topological polar surface area (TPSA) is 32.3 Å².